The van der Waals surface area contributed by atoms with Crippen LogP contribution in [0.2, 0.25) is 0 Å². The number of nitrogens with one attached hydrogen (secondary N) is 1. The number of esters is 1. The zero-order chi connectivity index (χ0) is 28.2. The Kier molecular flexibility index (Phi) is 8.76. The van der Waals surface area contributed by atoms with Crippen LogP contribution < -0.4 is 19.1 Å². The number of rotatable bonds is 10. The molecule has 2 aromatic carbocycles. The number of nitrogens with zero attached hydrogens (tertiary/aromatic N) is 1. The fourth-order valence-corrected chi connectivity index (χ4v) is 7.17. The van der Waals surface area contributed by atoms with E-state index in [4.69, 9.17) is 14.2 Å². The van der Waals surface area contributed by atoms with E-state index in [-0.39, 0.29) is 22.9 Å². The van der Waals surface area contributed by atoms with Gasteiger partial charge in [0, 0.05) is 10.9 Å². The van der Waals surface area contributed by atoms with Crippen molar-refractivity contribution in [1.29, 1.82) is 0 Å². The SMILES string of the molecule is CCOC(=O)c1c(NC(=O)CN(c2ccccc2F)S(=O)(=O)c2ccc(OC)c(OC)c2)sc2c1CCCC2. The van der Waals surface area contributed by atoms with Gasteiger partial charge in [-0.25, -0.2) is 17.6 Å². The van der Waals surface area contributed by atoms with Crippen molar-refractivity contribution in [3.8, 4) is 11.5 Å². The first kappa shape index (κ1) is 28.4. The van der Waals surface area contributed by atoms with E-state index in [0.29, 0.717) is 27.0 Å². The first-order valence-electron chi connectivity index (χ1n) is 12.3. The van der Waals surface area contributed by atoms with Crippen molar-refractivity contribution in [1.82, 2.24) is 0 Å². The summed E-state index contributed by atoms with van der Waals surface area (Å²) in [5.41, 5.74) is 0.840. The lowest BCUT2D eigenvalue weighted by Gasteiger charge is -2.25. The molecule has 208 valence electrons. The van der Waals surface area contributed by atoms with Crippen molar-refractivity contribution in [3.63, 3.8) is 0 Å². The van der Waals surface area contributed by atoms with Gasteiger partial charge in [0.2, 0.25) is 5.91 Å². The maximum absolute atomic E-state index is 14.9. The van der Waals surface area contributed by atoms with Crippen molar-refractivity contribution in [3.05, 3.63) is 64.3 Å². The molecule has 0 spiro atoms. The second-order valence-corrected chi connectivity index (χ2v) is 11.6. The first-order chi connectivity index (χ1) is 18.7. The highest BCUT2D eigenvalue weighted by Gasteiger charge is 2.32. The van der Waals surface area contributed by atoms with Crippen LogP contribution >= 0.6 is 11.3 Å². The van der Waals surface area contributed by atoms with E-state index in [2.05, 4.69) is 5.32 Å². The average molecular weight is 577 g/mol. The van der Waals surface area contributed by atoms with Gasteiger partial charge in [-0.05, 0) is 62.4 Å². The Morgan fingerprint density at radius 1 is 1.05 bits per heavy atom. The lowest BCUT2D eigenvalue weighted by atomic mass is 9.95. The summed E-state index contributed by atoms with van der Waals surface area (Å²) >= 11 is 1.28. The van der Waals surface area contributed by atoms with Gasteiger partial charge < -0.3 is 19.5 Å². The second-order valence-electron chi connectivity index (χ2n) is 8.66. The van der Waals surface area contributed by atoms with E-state index in [1.807, 2.05) is 0 Å². The fourth-order valence-electron chi connectivity index (χ4n) is 4.43. The summed E-state index contributed by atoms with van der Waals surface area (Å²) in [4.78, 5) is 26.9. The van der Waals surface area contributed by atoms with Crippen LogP contribution in [-0.2, 0) is 32.4 Å². The van der Waals surface area contributed by atoms with Gasteiger partial charge in [-0.2, -0.15) is 0 Å². The number of hydrogen-bond donors (Lipinski definition) is 1. The van der Waals surface area contributed by atoms with E-state index in [9.17, 15) is 22.4 Å². The third-order valence-electron chi connectivity index (χ3n) is 6.26. The largest absolute Gasteiger partial charge is 0.493 e. The van der Waals surface area contributed by atoms with Crippen LogP contribution in [0.5, 0.6) is 11.5 Å². The number of halogens is 1. The Bertz CT molecular complexity index is 1490. The van der Waals surface area contributed by atoms with Gasteiger partial charge in [-0.15, -0.1) is 11.3 Å². The van der Waals surface area contributed by atoms with Gasteiger partial charge in [-0.1, -0.05) is 12.1 Å². The van der Waals surface area contributed by atoms with Crippen molar-refractivity contribution in [2.24, 2.45) is 0 Å². The predicted molar refractivity (Wildman–Crippen MR) is 146 cm³/mol. The highest BCUT2D eigenvalue weighted by molar-refractivity contribution is 7.92. The van der Waals surface area contributed by atoms with Gasteiger partial charge in [0.05, 0.1) is 37.0 Å². The summed E-state index contributed by atoms with van der Waals surface area (Å²) in [6.45, 7) is 1.12. The molecule has 0 unspecified atom stereocenters. The monoisotopic (exact) mass is 576 g/mol. The van der Waals surface area contributed by atoms with E-state index in [1.54, 1.807) is 6.92 Å². The Morgan fingerprint density at radius 2 is 1.77 bits per heavy atom. The van der Waals surface area contributed by atoms with Crippen LogP contribution in [0.15, 0.2) is 47.4 Å². The van der Waals surface area contributed by atoms with Gasteiger partial charge in [0.1, 0.15) is 17.4 Å². The lowest BCUT2D eigenvalue weighted by Crippen LogP contribution is -2.38. The number of amides is 1. The molecular weight excluding hydrogens is 547 g/mol. The van der Waals surface area contributed by atoms with Crippen molar-refractivity contribution in [2.45, 2.75) is 37.5 Å². The molecule has 4 rings (SSSR count). The normalized spacial score (nSPS) is 12.8. The lowest BCUT2D eigenvalue weighted by molar-refractivity contribution is -0.114. The number of aryl methyl sites for hydroxylation is 1. The molecule has 1 aromatic heterocycles. The van der Waals surface area contributed by atoms with Gasteiger partial charge in [-0.3, -0.25) is 9.10 Å². The van der Waals surface area contributed by atoms with Crippen LogP contribution in [-0.4, -0.2) is 47.7 Å². The Hall–Kier alpha value is -3.64. The topological polar surface area (TPSA) is 111 Å². The van der Waals surface area contributed by atoms with E-state index in [0.717, 1.165) is 35.8 Å². The Balaban J connectivity index is 1.71. The van der Waals surface area contributed by atoms with Crippen LogP contribution in [0.3, 0.4) is 0 Å². The van der Waals surface area contributed by atoms with Crippen LogP contribution in [0.1, 0.15) is 40.6 Å². The summed E-state index contributed by atoms with van der Waals surface area (Å²) in [5.74, 6) is -1.66. The molecule has 0 saturated carbocycles. The van der Waals surface area contributed by atoms with Gasteiger partial charge >= 0.3 is 5.97 Å². The maximum Gasteiger partial charge on any atom is 0.341 e. The molecule has 0 aliphatic heterocycles. The molecule has 12 heteroatoms. The van der Waals surface area contributed by atoms with Crippen LogP contribution in [0.4, 0.5) is 15.1 Å². The molecular formula is C27H29FN2O7S2. The molecule has 1 aliphatic carbocycles. The molecule has 1 amide bonds. The number of fused-ring (bicyclic) bond motifs is 1. The standard InChI is InChI=1S/C27H29FN2O7S2/c1-4-37-27(32)25-18-9-5-8-12-23(18)38-26(25)29-24(31)16-30(20-11-7-6-10-19(20)28)39(33,34)17-13-14-21(35-2)22(15-17)36-3/h6-7,10-11,13-15H,4-5,8-9,12,16H2,1-3H3,(H,29,31). The summed E-state index contributed by atoms with van der Waals surface area (Å²) in [5, 5.41) is 2.99. The molecule has 0 fully saturated rings. The minimum absolute atomic E-state index is 0.153. The number of carbonyl (C=O) groups excluding carboxylic acids is 2. The van der Waals surface area contributed by atoms with E-state index >= 15 is 0 Å². The molecule has 9 nitrogen and oxygen atoms in total. The number of hydrogen-bond acceptors (Lipinski definition) is 8. The zero-order valence-electron chi connectivity index (χ0n) is 21.8. The molecule has 1 heterocycles. The number of para-hydroxylation sites is 1. The number of sulfonamides is 1. The minimum Gasteiger partial charge on any atom is -0.493 e. The van der Waals surface area contributed by atoms with E-state index < -0.39 is 34.3 Å². The zero-order valence-corrected chi connectivity index (χ0v) is 23.4. The number of carbonyl (C=O) groups is 2. The fraction of sp³-hybridized carbons (Fsp3) is 0.333. The summed E-state index contributed by atoms with van der Waals surface area (Å²) in [6.07, 6.45) is 3.34. The third-order valence-corrected chi connectivity index (χ3v) is 9.22. The third kappa shape index (κ3) is 5.86. The van der Waals surface area contributed by atoms with E-state index in [1.165, 1.54) is 62.0 Å². The van der Waals surface area contributed by atoms with Crippen molar-refractivity contribution >= 4 is 43.9 Å². The molecule has 0 atom stereocenters. The summed E-state index contributed by atoms with van der Waals surface area (Å²) in [7, 11) is -1.68. The maximum atomic E-state index is 14.9. The van der Waals surface area contributed by atoms with Crippen LogP contribution in [0, 0.1) is 5.82 Å². The highest BCUT2D eigenvalue weighted by Crippen LogP contribution is 2.39. The number of thiophene rings is 1. The molecule has 0 bridgehead atoms. The van der Waals surface area contributed by atoms with Gasteiger partial charge in [0.25, 0.3) is 10.0 Å². The molecule has 0 radical (unpaired) electrons. The van der Waals surface area contributed by atoms with Crippen LogP contribution in [0.25, 0.3) is 0 Å². The molecule has 0 saturated heterocycles. The average Bonchev–Trinajstić information content (AvgIpc) is 3.29. The molecule has 3 aromatic rings. The number of anilines is 2. The second kappa shape index (κ2) is 12.0. The quantitative estimate of drug-likeness (QED) is 0.346. The Morgan fingerprint density at radius 3 is 2.46 bits per heavy atom. The van der Waals surface area contributed by atoms with Crippen molar-refractivity contribution in [2.75, 3.05) is 37.0 Å². The molecule has 39 heavy (non-hydrogen) atoms. The number of benzene rings is 2. The van der Waals surface area contributed by atoms with Crippen molar-refractivity contribution < 1.29 is 36.6 Å². The summed E-state index contributed by atoms with van der Waals surface area (Å²) in [6, 6.07) is 9.21. The molecule has 1 aliphatic rings. The Labute approximate surface area is 230 Å². The van der Waals surface area contributed by atoms with Gasteiger partial charge in [0.15, 0.2) is 11.5 Å². The summed E-state index contributed by atoms with van der Waals surface area (Å²) < 4.78 is 58.8. The minimum atomic E-state index is -4.45. The first-order valence-corrected chi connectivity index (χ1v) is 14.6. The number of ether oxygens (including phenoxy) is 3. The highest BCUT2D eigenvalue weighted by atomic mass is 32.2. The predicted octanol–water partition coefficient (Wildman–Crippen LogP) is 4.79. The molecule has 1 N–H and O–H groups in total. The smallest absolute Gasteiger partial charge is 0.341 e. The number of methoxy groups -OCH3 is 2.